The highest BCUT2D eigenvalue weighted by atomic mass is 16.5. The molecule has 1 heterocycles. The van der Waals surface area contributed by atoms with Crippen LogP contribution in [0.15, 0.2) is 24.3 Å². The van der Waals surface area contributed by atoms with E-state index in [0.717, 1.165) is 25.7 Å². The van der Waals surface area contributed by atoms with E-state index < -0.39 is 6.09 Å². The Morgan fingerprint density at radius 2 is 1.84 bits per heavy atom. The van der Waals surface area contributed by atoms with Gasteiger partial charge in [0.15, 0.2) is 0 Å². The minimum atomic E-state index is -0.422. The van der Waals surface area contributed by atoms with Crippen LogP contribution in [0.1, 0.15) is 46.4 Å². The van der Waals surface area contributed by atoms with Gasteiger partial charge in [-0.25, -0.2) is 4.79 Å². The van der Waals surface area contributed by atoms with Crippen molar-refractivity contribution in [2.75, 3.05) is 7.11 Å². The lowest BCUT2D eigenvalue weighted by Gasteiger charge is -2.36. The smallest absolute Gasteiger partial charge is 0.407 e. The minimum Gasteiger partial charge on any atom is -0.453 e. The lowest BCUT2D eigenvalue weighted by Crippen LogP contribution is -2.52. The Labute approximate surface area is 145 Å². The largest absolute Gasteiger partial charge is 0.453 e. The first-order chi connectivity index (χ1) is 12.0. The molecule has 3 amide bonds. The van der Waals surface area contributed by atoms with Crippen LogP contribution >= 0.6 is 0 Å². The zero-order valence-corrected chi connectivity index (χ0v) is 14.0. The number of fused-ring (bicyclic) bond motifs is 1. The number of imide groups is 1. The van der Waals surface area contributed by atoms with Gasteiger partial charge < -0.3 is 10.1 Å². The lowest BCUT2D eigenvalue weighted by molar-refractivity contribution is 0.0436. The highest BCUT2D eigenvalue weighted by Gasteiger charge is 2.66. The van der Waals surface area contributed by atoms with Crippen LogP contribution in [0, 0.1) is 17.8 Å². The molecule has 130 valence electrons. The van der Waals surface area contributed by atoms with E-state index in [1.807, 2.05) is 0 Å². The van der Waals surface area contributed by atoms with Crippen molar-refractivity contribution in [2.45, 2.75) is 37.3 Å². The molecule has 1 aromatic carbocycles. The third-order valence-corrected chi connectivity index (χ3v) is 6.77. The van der Waals surface area contributed by atoms with Crippen LogP contribution in [-0.2, 0) is 4.74 Å². The fraction of sp³-hybridized carbons (Fsp3) is 0.526. The minimum absolute atomic E-state index is 0.122. The van der Waals surface area contributed by atoms with Gasteiger partial charge in [0.05, 0.1) is 18.2 Å². The quantitative estimate of drug-likeness (QED) is 0.838. The van der Waals surface area contributed by atoms with Gasteiger partial charge >= 0.3 is 6.09 Å². The molecular formula is C19H20N2O4. The number of carbonyl (C=O) groups is 3. The number of nitrogens with zero attached hydrogens (tertiary/aromatic N) is 1. The molecule has 4 saturated carbocycles. The van der Waals surface area contributed by atoms with E-state index in [-0.39, 0.29) is 35.2 Å². The van der Waals surface area contributed by atoms with E-state index in [9.17, 15) is 14.4 Å². The number of ether oxygens (including phenoxy) is 1. The summed E-state index contributed by atoms with van der Waals surface area (Å²) in [5.41, 5.74) is 0.667. The number of hydrogen-bond acceptors (Lipinski definition) is 4. The predicted octanol–water partition coefficient (Wildman–Crippen LogP) is 2.20. The molecule has 5 atom stereocenters. The second-order valence-corrected chi connectivity index (χ2v) is 7.90. The summed E-state index contributed by atoms with van der Waals surface area (Å²) in [5, 5.41) is 3.06. The second-order valence-electron chi connectivity index (χ2n) is 7.90. The number of amides is 3. The molecule has 1 aromatic rings. The molecule has 4 bridgehead atoms. The van der Waals surface area contributed by atoms with Gasteiger partial charge in [0, 0.05) is 17.5 Å². The van der Waals surface area contributed by atoms with Crippen LogP contribution in [0.5, 0.6) is 0 Å². The summed E-state index contributed by atoms with van der Waals surface area (Å²) in [6, 6.07) is 6.91. The summed E-state index contributed by atoms with van der Waals surface area (Å²) in [5.74, 6) is 0.575. The molecule has 0 saturated heterocycles. The third kappa shape index (κ3) is 1.82. The number of benzene rings is 1. The maximum absolute atomic E-state index is 12.9. The van der Waals surface area contributed by atoms with Crippen molar-refractivity contribution in [1.29, 1.82) is 0 Å². The fourth-order valence-electron chi connectivity index (χ4n) is 6.10. The van der Waals surface area contributed by atoms with Crippen LogP contribution in [0.25, 0.3) is 0 Å². The molecular weight excluding hydrogens is 320 g/mol. The monoisotopic (exact) mass is 340 g/mol. The lowest BCUT2D eigenvalue weighted by atomic mass is 9.78. The van der Waals surface area contributed by atoms with Gasteiger partial charge in [-0.15, -0.1) is 0 Å². The van der Waals surface area contributed by atoms with E-state index in [2.05, 4.69) is 5.32 Å². The highest BCUT2D eigenvalue weighted by molar-refractivity contribution is 6.21. The summed E-state index contributed by atoms with van der Waals surface area (Å²) in [7, 11) is 1.37. The van der Waals surface area contributed by atoms with Crippen molar-refractivity contribution < 1.29 is 19.1 Å². The third-order valence-electron chi connectivity index (χ3n) is 6.77. The Bertz CT molecular complexity index is 771. The summed E-state index contributed by atoms with van der Waals surface area (Å²) < 4.78 is 4.82. The molecule has 25 heavy (non-hydrogen) atoms. The molecule has 6 nitrogen and oxygen atoms in total. The first kappa shape index (κ1) is 14.9. The molecule has 0 radical (unpaired) electrons. The van der Waals surface area contributed by atoms with Gasteiger partial charge in [0.25, 0.3) is 11.8 Å². The molecule has 6 rings (SSSR count). The molecule has 0 aromatic heterocycles. The van der Waals surface area contributed by atoms with Crippen LogP contribution < -0.4 is 5.32 Å². The Morgan fingerprint density at radius 3 is 2.48 bits per heavy atom. The van der Waals surface area contributed by atoms with Gasteiger partial charge in [0.1, 0.15) is 0 Å². The molecule has 5 aliphatic rings. The van der Waals surface area contributed by atoms with Gasteiger partial charge in [-0.3, -0.25) is 14.5 Å². The summed E-state index contributed by atoms with van der Waals surface area (Å²) in [6.45, 7) is 0. The van der Waals surface area contributed by atoms with E-state index in [1.54, 1.807) is 24.3 Å². The van der Waals surface area contributed by atoms with Gasteiger partial charge in [-0.1, -0.05) is 12.1 Å². The highest BCUT2D eigenvalue weighted by Crippen LogP contribution is 2.62. The molecule has 1 aliphatic heterocycles. The average Bonchev–Trinajstić information content (AvgIpc) is 3.09. The number of alkyl carbamates (subject to hydrolysis) is 1. The number of nitrogens with one attached hydrogen (secondary N) is 1. The first-order valence-corrected chi connectivity index (χ1v) is 8.87. The van der Waals surface area contributed by atoms with Crippen LogP contribution in [0.3, 0.4) is 0 Å². The van der Waals surface area contributed by atoms with Crippen molar-refractivity contribution in [2.24, 2.45) is 17.8 Å². The van der Waals surface area contributed by atoms with E-state index in [1.165, 1.54) is 12.0 Å². The summed E-state index contributed by atoms with van der Waals surface area (Å²) in [4.78, 5) is 39.2. The Morgan fingerprint density at radius 1 is 1.16 bits per heavy atom. The molecule has 4 aliphatic carbocycles. The fourth-order valence-corrected chi connectivity index (χ4v) is 6.10. The van der Waals surface area contributed by atoms with Crippen molar-refractivity contribution in [3.63, 3.8) is 0 Å². The average molecular weight is 340 g/mol. The predicted molar refractivity (Wildman–Crippen MR) is 87.9 cm³/mol. The van der Waals surface area contributed by atoms with Crippen molar-refractivity contribution >= 4 is 17.9 Å². The van der Waals surface area contributed by atoms with Crippen LogP contribution in [0.4, 0.5) is 4.79 Å². The van der Waals surface area contributed by atoms with Crippen LogP contribution in [0.2, 0.25) is 0 Å². The Balaban J connectivity index is 1.51. The zero-order chi connectivity index (χ0) is 17.3. The van der Waals surface area contributed by atoms with Gasteiger partial charge in [0.2, 0.25) is 0 Å². The second kappa shape index (κ2) is 4.84. The number of methoxy groups -OCH3 is 1. The van der Waals surface area contributed by atoms with E-state index in [4.69, 9.17) is 4.74 Å². The molecule has 0 spiro atoms. The first-order valence-electron chi connectivity index (χ1n) is 8.87. The van der Waals surface area contributed by atoms with Crippen molar-refractivity contribution in [3.8, 4) is 0 Å². The van der Waals surface area contributed by atoms with E-state index in [0.29, 0.717) is 17.0 Å². The molecule has 1 N–H and O–H groups in total. The normalized spacial score (nSPS) is 37.6. The van der Waals surface area contributed by atoms with Crippen molar-refractivity contribution in [3.05, 3.63) is 35.4 Å². The molecule has 4 unspecified atom stereocenters. The van der Waals surface area contributed by atoms with E-state index >= 15 is 0 Å². The molecule has 4 fully saturated rings. The number of carbonyl (C=O) groups excluding carboxylic acids is 3. The van der Waals surface area contributed by atoms with Gasteiger partial charge in [-0.2, -0.15) is 0 Å². The summed E-state index contributed by atoms with van der Waals surface area (Å²) in [6.07, 6.45) is 3.30. The number of rotatable bonds is 2. The zero-order valence-electron chi connectivity index (χ0n) is 14.0. The number of hydrogen-bond donors (Lipinski definition) is 1. The maximum Gasteiger partial charge on any atom is 0.407 e. The standard InChI is InChI=1S/C19H20N2O4/c1-25-18(24)20-19-8-10-6-11(9-19)15(14(19)7-10)21-16(22)12-4-2-3-5-13(12)17(21)23/h2-5,10-11,14-15H,6-9H2,1H3,(H,20,24)/t10?,11?,14?,15-,19?/m1/s1. The topological polar surface area (TPSA) is 75.7 Å². The van der Waals surface area contributed by atoms with Crippen molar-refractivity contribution in [1.82, 2.24) is 10.2 Å². The van der Waals surface area contributed by atoms with Crippen LogP contribution in [-0.4, -0.2) is 41.5 Å². The summed E-state index contributed by atoms with van der Waals surface area (Å²) >= 11 is 0. The Hall–Kier alpha value is -2.37. The van der Waals surface area contributed by atoms with Gasteiger partial charge in [-0.05, 0) is 49.7 Å². The maximum atomic E-state index is 12.9. The SMILES string of the molecule is COC(=O)NC12CC3CC(C1)[C@@H](N1C(=O)c4ccccc4C1=O)C2C3. The molecule has 6 heteroatoms. The Kier molecular flexibility index (Phi) is 2.89.